The molecule has 1 saturated carbocycles. The summed E-state index contributed by atoms with van der Waals surface area (Å²) in [6, 6.07) is 7.89. The van der Waals surface area contributed by atoms with E-state index in [1.165, 1.54) is 12.8 Å². The lowest BCUT2D eigenvalue weighted by atomic mass is 9.93. The number of sulfonamides is 1. The van der Waals surface area contributed by atoms with Crippen molar-refractivity contribution in [3.05, 3.63) is 35.4 Å². The predicted octanol–water partition coefficient (Wildman–Crippen LogP) is 2.20. The average molecular weight is 436 g/mol. The van der Waals surface area contributed by atoms with Gasteiger partial charge in [-0.1, -0.05) is 55.5 Å². The summed E-state index contributed by atoms with van der Waals surface area (Å²) in [5.41, 5.74) is 0.756. The van der Waals surface area contributed by atoms with Crippen LogP contribution in [0.1, 0.15) is 56.6 Å². The zero-order chi connectivity index (χ0) is 21.9. The summed E-state index contributed by atoms with van der Waals surface area (Å²) in [7, 11) is -3.60. The Balaban J connectivity index is 1.88. The van der Waals surface area contributed by atoms with Crippen LogP contribution < -0.4 is 5.32 Å². The Morgan fingerprint density at radius 3 is 2.30 bits per heavy atom. The molecule has 1 aliphatic heterocycles. The Kier molecular flexibility index (Phi) is 6.87. The van der Waals surface area contributed by atoms with Crippen molar-refractivity contribution < 1.29 is 18.0 Å². The fraction of sp³-hybridized carbons (Fsp3) is 0.636. The third kappa shape index (κ3) is 5.21. The molecule has 0 radical (unpaired) electrons. The van der Waals surface area contributed by atoms with Gasteiger partial charge in [0.25, 0.3) is 0 Å². The molecular weight excluding hydrogens is 402 g/mol. The number of piperazine rings is 1. The third-order valence-electron chi connectivity index (χ3n) is 6.30. The highest BCUT2D eigenvalue weighted by Gasteiger charge is 2.49. The maximum atomic E-state index is 13.4. The molecule has 2 aliphatic rings. The number of nitrogens with zero attached hydrogens (tertiary/aromatic N) is 2. The van der Waals surface area contributed by atoms with Gasteiger partial charge in [-0.3, -0.25) is 9.59 Å². The minimum Gasteiger partial charge on any atom is -0.351 e. The Bertz CT molecular complexity index is 876. The van der Waals surface area contributed by atoms with Crippen LogP contribution in [0.4, 0.5) is 0 Å². The zero-order valence-electron chi connectivity index (χ0n) is 18.2. The third-order valence-corrected chi connectivity index (χ3v) is 7.50. The van der Waals surface area contributed by atoms with Crippen molar-refractivity contribution >= 4 is 21.8 Å². The summed E-state index contributed by atoms with van der Waals surface area (Å²) < 4.78 is 25.5. The molecule has 2 fully saturated rings. The Hall–Kier alpha value is -1.93. The second kappa shape index (κ2) is 9.06. The fourth-order valence-electron chi connectivity index (χ4n) is 4.33. The van der Waals surface area contributed by atoms with Crippen LogP contribution in [0.2, 0.25) is 0 Å². The van der Waals surface area contributed by atoms with E-state index in [-0.39, 0.29) is 37.5 Å². The maximum Gasteiger partial charge on any atom is 0.247 e. The second-order valence-electron chi connectivity index (χ2n) is 8.93. The monoisotopic (exact) mass is 435 g/mol. The second-order valence-corrected chi connectivity index (χ2v) is 10.9. The first-order chi connectivity index (χ1) is 14.1. The van der Waals surface area contributed by atoms with E-state index in [4.69, 9.17) is 0 Å². The number of carbonyl (C=O) groups excluding carboxylic acids is 2. The molecule has 30 heavy (non-hydrogen) atoms. The highest BCUT2D eigenvalue weighted by molar-refractivity contribution is 7.88. The lowest BCUT2D eigenvalue weighted by Crippen LogP contribution is -2.69. The summed E-state index contributed by atoms with van der Waals surface area (Å²) in [5.74, 6) is -0.631. The quantitative estimate of drug-likeness (QED) is 0.719. The molecule has 0 unspecified atom stereocenters. The molecular formula is C22H33N3O4S. The van der Waals surface area contributed by atoms with Crippen molar-refractivity contribution in [1.29, 1.82) is 0 Å². The fourth-order valence-corrected chi connectivity index (χ4v) is 5.16. The molecule has 8 heteroatoms. The first-order valence-electron chi connectivity index (χ1n) is 10.7. The summed E-state index contributed by atoms with van der Waals surface area (Å²) in [6.45, 7) is 3.66. The summed E-state index contributed by atoms with van der Waals surface area (Å²) in [4.78, 5) is 28.0. The number of hydrogen-bond donors (Lipinski definition) is 1. The van der Waals surface area contributed by atoms with Crippen molar-refractivity contribution in [3.8, 4) is 0 Å². The van der Waals surface area contributed by atoms with Crippen LogP contribution in [0.25, 0.3) is 0 Å². The van der Waals surface area contributed by atoms with E-state index in [9.17, 15) is 18.0 Å². The lowest BCUT2D eigenvalue weighted by Gasteiger charge is -2.47. The van der Waals surface area contributed by atoms with E-state index < -0.39 is 15.6 Å². The first kappa shape index (κ1) is 22.7. The number of amides is 2. The number of carbonyl (C=O) groups is 2. The van der Waals surface area contributed by atoms with E-state index in [1.54, 1.807) is 11.8 Å². The van der Waals surface area contributed by atoms with Crippen molar-refractivity contribution in [2.24, 2.45) is 0 Å². The molecule has 2 amide bonds. The van der Waals surface area contributed by atoms with Crippen LogP contribution in [0, 0.1) is 6.92 Å². The number of rotatable bonds is 5. The van der Waals surface area contributed by atoms with Crippen LogP contribution in [0.5, 0.6) is 0 Å². The smallest absolute Gasteiger partial charge is 0.247 e. The minimum atomic E-state index is -3.60. The van der Waals surface area contributed by atoms with Gasteiger partial charge in [0.15, 0.2) is 0 Å². The highest BCUT2D eigenvalue weighted by atomic mass is 32.2. The number of benzene rings is 1. The van der Waals surface area contributed by atoms with Crippen molar-refractivity contribution in [1.82, 2.24) is 14.5 Å². The molecule has 1 saturated heterocycles. The standard InChI is InChI=1S/C22H33N3O4S/c1-17-10-12-18(13-11-17)14-25-20(26)15-24(30(3,28)29)16-22(25,2)21(27)23-19-8-6-4-5-7-9-19/h10-13,19H,4-9,14-16H2,1-3H3,(H,23,27)/t22-/m0/s1. The lowest BCUT2D eigenvalue weighted by molar-refractivity contribution is -0.154. The van der Waals surface area contributed by atoms with Crippen LogP contribution >= 0.6 is 0 Å². The topological polar surface area (TPSA) is 86.8 Å². The molecule has 1 heterocycles. The Labute approximate surface area is 179 Å². The van der Waals surface area contributed by atoms with Crippen LogP contribution in [0.3, 0.4) is 0 Å². The zero-order valence-corrected chi connectivity index (χ0v) is 19.0. The van der Waals surface area contributed by atoms with Gasteiger partial charge < -0.3 is 10.2 Å². The van der Waals surface area contributed by atoms with Gasteiger partial charge in [0, 0.05) is 19.1 Å². The van der Waals surface area contributed by atoms with Gasteiger partial charge in [-0.05, 0) is 32.3 Å². The molecule has 1 atom stereocenters. The van der Waals surface area contributed by atoms with E-state index >= 15 is 0 Å². The van der Waals surface area contributed by atoms with Gasteiger partial charge in [0.2, 0.25) is 21.8 Å². The van der Waals surface area contributed by atoms with E-state index in [2.05, 4.69) is 5.32 Å². The van der Waals surface area contributed by atoms with Crippen molar-refractivity contribution in [2.75, 3.05) is 19.3 Å². The van der Waals surface area contributed by atoms with Crippen LogP contribution in [0.15, 0.2) is 24.3 Å². The molecule has 7 nitrogen and oxygen atoms in total. The Morgan fingerprint density at radius 1 is 1.13 bits per heavy atom. The molecule has 0 aromatic heterocycles. The average Bonchev–Trinajstić information content (AvgIpc) is 2.94. The molecule has 1 aromatic rings. The highest BCUT2D eigenvalue weighted by Crippen LogP contribution is 2.28. The van der Waals surface area contributed by atoms with Crippen LogP contribution in [-0.2, 0) is 26.2 Å². The summed E-state index contributed by atoms with van der Waals surface area (Å²) in [5, 5.41) is 3.13. The van der Waals surface area contributed by atoms with Crippen molar-refractivity contribution in [3.63, 3.8) is 0 Å². The van der Waals surface area contributed by atoms with Crippen LogP contribution in [-0.4, -0.2) is 60.4 Å². The summed E-state index contributed by atoms with van der Waals surface area (Å²) in [6.07, 6.45) is 7.41. The largest absolute Gasteiger partial charge is 0.351 e. The van der Waals surface area contributed by atoms with E-state index in [1.807, 2.05) is 31.2 Å². The van der Waals surface area contributed by atoms with E-state index in [0.29, 0.717) is 0 Å². The normalized spacial score (nSPS) is 24.5. The maximum absolute atomic E-state index is 13.4. The molecule has 166 valence electrons. The van der Waals surface area contributed by atoms with Gasteiger partial charge in [-0.15, -0.1) is 0 Å². The van der Waals surface area contributed by atoms with E-state index in [0.717, 1.165) is 47.4 Å². The summed E-state index contributed by atoms with van der Waals surface area (Å²) >= 11 is 0. The van der Waals surface area contributed by atoms with Gasteiger partial charge in [-0.2, -0.15) is 4.31 Å². The molecule has 1 aromatic carbocycles. The molecule has 3 rings (SSSR count). The molecule has 0 spiro atoms. The SMILES string of the molecule is Cc1ccc(CN2C(=O)CN(S(C)(=O)=O)C[C@@]2(C)C(=O)NC2CCCCCC2)cc1. The first-order valence-corrected chi connectivity index (χ1v) is 12.6. The predicted molar refractivity (Wildman–Crippen MR) is 116 cm³/mol. The van der Waals surface area contributed by atoms with Gasteiger partial charge in [-0.25, -0.2) is 8.42 Å². The number of nitrogens with one attached hydrogen (secondary N) is 1. The number of hydrogen-bond acceptors (Lipinski definition) is 4. The molecule has 1 N–H and O–H groups in total. The molecule has 1 aliphatic carbocycles. The Morgan fingerprint density at radius 2 is 1.73 bits per heavy atom. The number of aryl methyl sites for hydroxylation is 1. The van der Waals surface area contributed by atoms with Gasteiger partial charge in [0.1, 0.15) is 5.54 Å². The van der Waals surface area contributed by atoms with Crippen molar-refractivity contribution in [2.45, 2.75) is 70.5 Å². The van der Waals surface area contributed by atoms with Gasteiger partial charge >= 0.3 is 0 Å². The minimum absolute atomic E-state index is 0.0397. The van der Waals surface area contributed by atoms with Gasteiger partial charge in [0.05, 0.1) is 12.8 Å². The molecule has 0 bridgehead atoms.